The lowest BCUT2D eigenvalue weighted by atomic mass is 9.97. The number of hydrogen-bond acceptors (Lipinski definition) is 11. The highest BCUT2D eigenvalue weighted by Gasteiger charge is 2.35. The lowest BCUT2D eigenvalue weighted by molar-refractivity contribution is -0.115. The number of benzene rings is 1. The second-order valence-electron chi connectivity index (χ2n) is 11.5. The highest BCUT2D eigenvalue weighted by Crippen LogP contribution is 2.46. The van der Waals surface area contributed by atoms with Crippen molar-refractivity contribution in [1.29, 1.82) is 0 Å². The van der Waals surface area contributed by atoms with E-state index in [4.69, 9.17) is 47.4 Å². The number of ketones is 1. The number of nitrogens with zero attached hydrogens (tertiary/aromatic N) is 6. The van der Waals surface area contributed by atoms with E-state index >= 15 is 0 Å². The Bertz CT molecular complexity index is 1730. The number of rotatable bonds is 12. The van der Waals surface area contributed by atoms with Crippen molar-refractivity contribution in [2.75, 3.05) is 56.0 Å². The summed E-state index contributed by atoms with van der Waals surface area (Å²) in [5.41, 5.74) is 2.58. The van der Waals surface area contributed by atoms with Gasteiger partial charge in [0.25, 0.3) is 0 Å². The number of aromatic nitrogens is 5. The van der Waals surface area contributed by atoms with Crippen LogP contribution in [0.3, 0.4) is 0 Å². The Hall–Kier alpha value is -4.13. The molecule has 242 valence electrons. The molecule has 0 aliphatic carbocycles. The second kappa shape index (κ2) is 13.7. The normalized spacial score (nSPS) is 19.4. The van der Waals surface area contributed by atoms with Crippen molar-refractivity contribution in [1.82, 2.24) is 24.7 Å². The molecule has 0 spiro atoms. The zero-order chi connectivity index (χ0) is 32.4. The van der Waals surface area contributed by atoms with Crippen molar-refractivity contribution in [2.24, 2.45) is 13.0 Å². The fourth-order valence-corrected chi connectivity index (χ4v) is 6.71. The van der Waals surface area contributed by atoms with Crippen LogP contribution in [0.2, 0.25) is 10.0 Å². The molecule has 3 atom stereocenters. The van der Waals surface area contributed by atoms with Crippen molar-refractivity contribution in [3.63, 3.8) is 0 Å². The zero-order valence-electron chi connectivity index (χ0n) is 25.9. The van der Waals surface area contributed by atoms with Gasteiger partial charge in [0.2, 0.25) is 5.95 Å². The summed E-state index contributed by atoms with van der Waals surface area (Å²) in [5.74, 6) is 1.78. The minimum Gasteiger partial charge on any atom is -0.495 e. The smallest absolute Gasteiger partial charge is 0.223 e. The molecule has 0 radical (unpaired) electrons. The first kappa shape index (κ1) is 31.8. The standard InChI is InChI=1S/C32H36Cl2N8O4/c1-5-21(43)9-19-15-42(20-13-37-41(2)16-20)17-24(19)39-32-36-12-18-10-23(27-28(33)25(44-3)11-26(45-4)29(27)34)38-31(30(18)40-32)35-14-22-7-6-8-46-22/h5,10-13,16,19,22,24H,1,6-9,14-15,17H2,2-4H3,(H,35,38)(H,36,39,40)/t19-,22?,24+/m0/s1. The molecule has 12 nitrogen and oxygen atoms in total. The van der Waals surface area contributed by atoms with E-state index in [0.717, 1.165) is 30.5 Å². The topological polar surface area (TPSA) is 129 Å². The average molecular weight is 668 g/mol. The van der Waals surface area contributed by atoms with Gasteiger partial charge in [-0.1, -0.05) is 29.8 Å². The Morgan fingerprint density at radius 2 is 1.93 bits per heavy atom. The highest BCUT2D eigenvalue weighted by atomic mass is 35.5. The van der Waals surface area contributed by atoms with E-state index in [2.05, 4.69) is 32.2 Å². The number of carbonyl (C=O) groups is 1. The highest BCUT2D eigenvalue weighted by molar-refractivity contribution is 6.41. The van der Waals surface area contributed by atoms with Crippen LogP contribution in [-0.2, 0) is 16.6 Å². The van der Waals surface area contributed by atoms with Gasteiger partial charge >= 0.3 is 0 Å². The first-order valence-electron chi connectivity index (χ1n) is 15.1. The van der Waals surface area contributed by atoms with E-state index in [1.807, 2.05) is 25.5 Å². The summed E-state index contributed by atoms with van der Waals surface area (Å²) in [6.45, 7) is 6.28. The van der Waals surface area contributed by atoms with Gasteiger partial charge in [0, 0.05) is 75.0 Å². The SMILES string of the molecule is C=CC(=O)C[C@H]1CN(c2cnn(C)c2)C[C@H]1Nc1ncc2cc(-c3c(Cl)c(OC)cc(OC)c3Cl)nc(NCC3CCCO3)c2n1. The van der Waals surface area contributed by atoms with Gasteiger partial charge < -0.3 is 29.7 Å². The predicted molar refractivity (Wildman–Crippen MR) is 179 cm³/mol. The van der Waals surface area contributed by atoms with Crippen molar-refractivity contribution >= 4 is 57.3 Å². The zero-order valence-corrected chi connectivity index (χ0v) is 27.4. The molecule has 2 N–H and O–H groups in total. The van der Waals surface area contributed by atoms with Crippen LogP contribution in [-0.4, -0.2) is 83.1 Å². The molecule has 2 aliphatic heterocycles. The molecule has 6 rings (SSSR count). The third-order valence-electron chi connectivity index (χ3n) is 8.42. The summed E-state index contributed by atoms with van der Waals surface area (Å²) in [7, 11) is 4.94. The van der Waals surface area contributed by atoms with Gasteiger partial charge in [0.05, 0.1) is 54.0 Å². The number of anilines is 3. The number of carbonyl (C=O) groups excluding carboxylic acids is 1. The fourth-order valence-electron chi connectivity index (χ4n) is 6.02. The molecule has 2 aliphatic rings. The number of allylic oxidation sites excluding steroid dienone is 1. The maximum absolute atomic E-state index is 12.4. The summed E-state index contributed by atoms with van der Waals surface area (Å²) in [4.78, 5) is 29.2. The van der Waals surface area contributed by atoms with Crippen LogP contribution in [0.15, 0.2) is 43.4 Å². The van der Waals surface area contributed by atoms with Crippen LogP contribution in [0.5, 0.6) is 11.5 Å². The largest absolute Gasteiger partial charge is 0.495 e. The van der Waals surface area contributed by atoms with Crippen molar-refractivity contribution < 1.29 is 19.0 Å². The summed E-state index contributed by atoms with van der Waals surface area (Å²) < 4.78 is 18.6. The fraction of sp³-hybridized carbons (Fsp3) is 0.406. The van der Waals surface area contributed by atoms with E-state index in [0.29, 0.717) is 76.1 Å². The summed E-state index contributed by atoms with van der Waals surface area (Å²) >= 11 is 13.5. The number of ether oxygens (including phenoxy) is 3. The monoisotopic (exact) mass is 666 g/mol. The van der Waals surface area contributed by atoms with Gasteiger partial charge in [-0.3, -0.25) is 9.48 Å². The van der Waals surface area contributed by atoms with E-state index in [-0.39, 0.29) is 23.8 Å². The molecule has 0 amide bonds. The van der Waals surface area contributed by atoms with E-state index < -0.39 is 0 Å². The Kier molecular flexibility index (Phi) is 9.48. The van der Waals surface area contributed by atoms with Crippen molar-refractivity contribution in [3.05, 3.63) is 53.4 Å². The van der Waals surface area contributed by atoms with Crippen molar-refractivity contribution in [3.8, 4) is 22.8 Å². The van der Waals surface area contributed by atoms with Crippen LogP contribution in [0.4, 0.5) is 17.5 Å². The number of fused-ring (bicyclic) bond motifs is 1. The molecule has 2 fully saturated rings. The molecule has 4 aromatic rings. The van der Waals surface area contributed by atoms with E-state index in [1.54, 1.807) is 16.9 Å². The summed E-state index contributed by atoms with van der Waals surface area (Å²) in [6.07, 6.45) is 9.29. The van der Waals surface area contributed by atoms with Crippen molar-refractivity contribution in [2.45, 2.75) is 31.4 Å². The average Bonchev–Trinajstić information content (AvgIpc) is 3.82. The minimum absolute atomic E-state index is 0.00638. The molecular formula is C32H36Cl2N8O4. The third-order valence-corrected chi connectivity index (χ3v) is 9.17. The Morgan fingerprint density at radius 3 is 2.59 bits per heavy atom. The molecule has 5 heterocycles. The van der Waals surface area contributed by atoms with Gasteiger partial charge in [0.1, 0.15) is 17.0 Å². The van der Waals surface area contributed by atoms with E-state index in [1.165, 1.54) is 20.3 Å². The number of hydrogen-bond donors (Lipinski definition) is 2. The van der Waals surface area contributed by atoms with E-state index in [9.17, 15) is 4.79 Å². The maximum atomic E-state index is 12.4. The molecule has 46 heavy (non-hydrogen) atoms. The minimum atomic E-state index is -0.0982. The van der Waals surface area contributed by atoms with Crippen LogP contribution in [0.25, 0.3) is 22.2 Å². The van der Waals surface area contributed by atoms with Crippen LogP contribution < -0.4 is 25.0 Å². The first-order valence-corrected chi connectivity index (χ1v) is 15.8. The Labute approximate surface area is 277 Å². The molecule has 1 aromatic carbocycles. The number of nitrogens with one attached hydrogen (secondary N) is 2. The first-order chi connectivity index (χ1) is 22.3. The predicted octanol–water partition coefficient (Wildman–Crippen LogP) is 5.40. The molecule has 1 unspecified atom stereocenters. The molecule has 0 bridgehead atoms. The van der Waals surface area contributed by atoms with Gasteiger partial charge in [0.15, 0.2) is 11.6 Å². The Morgan fingerprint density at radius 1 is 1.15 bits per heavy atom. The third kappa shape index (κ3) is 6.55. The molecule has 0 saturated carbocycles. The lowest BCUT2D eigenvalue weighted by Crippen LogP contribution is -2.30. The van der Waals surface area contributed by atoms with Crippen LogP contribution >= 0.6 is 23.2 Å². The molecule has 3 aromatic heterocycles. The van der Waals surface area contributed by atoms with Crippen LogP contribution in [0.1, 0.15) is 19.3 Å². The molecule has 14 heteroatoms. The Balaban J connectivity index is 1.37. The number of pyridine rings is 1. The summed E-state index contributed by atoms with van der Waals surface area (Å²) in [5, 5.41) is 12.6. The number of halogens is 2. The van der Waals surface area contributed by atoms with Gasteiger partial charge in [-0.2, -0.15) is 5.10 Å². The van der Waals surface area contributed by atoms with Gasteiger partial charge in [-0.05, 0) is 25.0 Å². The second-order valence-corrected chi connectivity index (χ2v) is 12.2. The molecular weight excluding hydrogens is 631 g/mol. The molecule has 2 saturated heterocycles. The van der Waals surface area contributed by atoms with Gasteiger partial charge in [-0.25, -0.2) is 15.0 Å². The summed E-state index contributed by atoms with van der Waals surface area (Å²) in [6, 6.07) is 3.38. The number of methoxy groups -OCH3 is 2. The number of aryl methyl sites for hydroxylation is 1. The van der Waals surface area contributed by atoms with Crippen LogP contribution in [0, 0.1) is 5.92 Å². The quantitative estimate of drug-likeness (QED) is 0.189. The maximum Gasteiger partial charge on any atom is 0.223 e. The van der Waals surface area contributed by atoms with Gasteiger partial charge in [-0.15, -0.1) is 0 Å². The lowest BCUT2D eigenvalue weighted by Gasteiger charge is -2.20.